The van der Waals surface area contributed by atoms with E-state index >= 15 is 0 Å². The molecule has 1 heterocycles. The summed E-state index contributed by atoms with van der Waals surface area (Å²) in [4.78, 5) is 12.8. The summed E-state index contributed by atoms with van der Waals surface area (Å²) in [6, 6.07) is 18.0. The Morgan fingerprint density at radius 1 is 0.647 bits per heavy atom. The maximum Gasteiger partial charge on any atom is 0.255 e. The summed E-state index contributed by atoms with van der Waals surface area (Å²) in [6.45, 7) is 0.110. The molecule has 1 aliphatic rings. The van der Waals surface area contributed by atoms with Crippen LogP contribution in [-0.2, 0) is 19.8 Å². The molecule has 4 aromatic rings. The lowest BCUT2D eigenvalue weighted by atomic mass is 10.0. The Morgan fingerprint density at radius 2 is 1.29 bits per heavy atom. The minimum absolute atomic E-state index is 0.218. The van der Waals surface area contributed by atoms with Crippen molar-refractivity contribution >= 4 is 23.7 Å². The average molecular weight is 701 g/mol. The third kappa shape index (κ3) is 8.66. The van der Waals surface area contributed by atoms with Crippen LogP contribution in [0.25, 0.3) is 12.2 Å². The van der Waals surface area contributed by atoms with E-state index in [2.05, 4.69) is 10.6 Å². The Kier molecular flexibility index (Phi) is 12.6. The van der Waals surface area contributed by atoms with Crippen molar-refractivity contribution in [1.82, 2.24) is 5.32 Å². The standard InChI is InChI=1S/C39H44N2O10/c1-46-29-10-11-32-30(20-29)39(45)41-38(40-32)26-9-12-33(28(19-26)22-43)50-13-5-6-14-51-37-35(48-3)17-25(18-36(37)49-4)8-7-24-15-27(21-42)31(23-44)34(16-24)47-2/h7-12,15-20,38,40,42-44H,5-6,13-14,21-23H2,1-4H3,(H,41,45). The number of aliphatic hydroxyl groups is 3. The Bertz CT molecular complexity index is 1810. The highest BCUT2D eigenvalue weighted by Crippen LogP contribution is 2.39. The van der Waals surface area contributed by atoms with Crippen LogP contribution >= 0.6 is 0 Å². The first kappa shape index (κ1) is 36.8. The van der Waals surface area contributed by atoms with Gasteiger partial charge in [0.05, 0.1) is 67.0 Å². The number of carbonyl (C=O) groups is 1. The first-order chi connectivity index (χ1) is 24.8. The summed E-state index contributed by atoms with van der Waals surface area (Å²) < 4.78 is 34.0. The number of fused-ring (bicyclic) bond motifs is 1. The van der Waals surface area contributed by atoms with Gasteiger partial charge in [-0.1, -0.05) is 18.2 Å². The fraction of sp³-hybridized carbons (Fsp3) is 0.308. The number of carbonyl (C=O) groups excluding carboxylic acids is 1. The van der Waals surface area contributed by atoms with Crippen molar-refractivity contribution < 1.29 is 48.5 Å². The largest absolute Gasteiger partial charge is 0.497 e. The van der Waals surface area contributed by atoms with Crippen molar-refractivity contribution in [1.29, 1.82) is 0 Å². The van der Waals surface area contributed by atoms with Crippen LogP contribution in [0.2, 0.25) is 0 Å². The molecule has 0 bridgehead atoms. The van der Waals surface area contributed by atoms with E-state index in [0.717, 1.165) is 16.7 Å². The highest BCUT2D eigenvalue weighted by atomic mass is 16.5. The number of rotatable bonds is 17. The van der Waals surface area contributed by atoms with Gasteiger partial charge in [-0.15, -0.1) is 0 Å². The average Bonchev–Trinajstić information content (AvgIpc) is 3.17. The molecule has 1 atom stereocenters. The SMILES string of the molecule is COc1ccc2c(c1)C(=O)NC(c1ccc(OCCCCOc3c(OC)cc(C=Cc4cc(CO)c(CO)c(OC)c4)cc3OC)c(CO)c1)N2. The van der Waals surface area contributed by atoms with Crippen molar-refractivity contribution in [3.63, 3.8) is 0 Å². The predicted molar refractivity (Wildman–Crippen MR) is 193 cm³/mol. The molecule has 4 aromatic carbocycles. The van der Waals surface area contributed by atoms with Crippen LogP contribution < -0.4 is 39.1 Å². The second-order valence-corrected chi connectivity index (χ2v) is 11.7. The quantitative estimate of drug-likeness (QED) is 0.0704. The Morgan fingerprint density at radius 3 is 1.92 bits per heavy atom. The molecule has 12 nitrogen and oxygen atoms in total. The molecule has 270 valence electrons. The Labute approximate surface area is 297 Å². The number of nitrogens with one attached hydrogen (secondary N) is 2. The molecular formula is C39H44N2O10. The minimum Gasteiger partial charge on any atom is -0.497 e. The molecule has 0 aromatic heterocycles. The van der Waals surface area contributed by atoms with Gasteiger partial charge in [0.1, 0.15) is 23.4 Å². The van der Waals surface area contributed by atoms with E-state index < -0.39 is 6.17 Å². The Balaban J connectivity index is 1.16. The topological polar surface area (TPSA) is 157 Å². The normalized spacial score (nSPS) is 13.6. The molecular weight excluding hydrogens is 656 g/mol. The summed E-state index contributed by atoms with van der Waals surface area (Å²) in [5.41, 5.74) is 5.33. The lowest BCUT2D eigenvalue weighted by molar-refractivity contribution is 0.0935. The molecule has 1 unspecified atom stereocenters. The second-order valence-electron chi connectivity index (χ2n) is 11.7. The molecule has 1 aliphatic heterocycles. The van der Waals surface area contributed by atoms with E-state index in [9.17, 15) is 20.1 Å². The van der Waals surface area contributed by atoms with Gasteiger partial charge in [-0.3, -0.25) is 4.79 Å². The highest BCUT2D eigenvalue weighted by molar-refractivity contribution is 6.02. The molecule has 5 rings (SSSR count). The minimum atomic E-state index is -0.470. The molecule has 0 radical (unpaired) electrons. The lowest BCUT2D eigenvalue weighted by Gasteiger charge is -2.29. The number of aliphatic hydroxyl groups excluding tert-OH is 3. The maximum atomic E-state index is 12.8. The van der Waals surface area contributed by atoms with Gasteiger partial charge >= 0.3 is 0 Å². The van der Waals surface area contributed by atoms with Crippen LogP contribution in [0.15, 0.2) is 60.7 Å². The fourth-order valence-corrected chi connectivity index (χ4v) is 5.79. The van der Waals surface area contributed by atoms with Gasteiger partial charge in [0, 0.05) is 16.8 Å². The van der Waals surface area contributed by atoms with Gasteiger partial charge in [0.2, 0.25) is 5.75 Å². The van der Waals surface area contributed by atoms with Gasteiger partial charge in [-0.05, 0) is 89.7 Å². The molecule has 1 amide bonds. The third-order valence-electron chi connectivity index (χ3n) is 8.50. The van der Waals surface area contributed by atoms with E-state index in [0.29, 0.717) is 88.5 Å². The van der Waals surface area contributed by atoms with E-state index in [1.165, 1.54) is 7.11 Å². The van der Waals surface area contributed by atoms with Crippen LogP contribution in [0.5, 0.6) is 34.5 Å². The fourth-order valence-electron chi connectivity index (χ4n) is 5.79. The second kappa shape index (κ2) is 17.5. The number of hydrogen-bond donors (Lipinski definition) is 5. The molecule has 51 heavy (non-hydrogen) atoms. The number of hydrogen-bond acceptors (Lipinski definition) is 11. The number of unbranched alkanes of at least 4 members (excludes halogenated alkanes) is 1. The highest BCUT2D eigenvalue weighted by Gasteiger charge is 2.26. The van der Waals surface area contributed by atoms with Gasteiger partial charge in [-0.2, -0.15) is 0 Å². The molecule has 0 saturated heterocycles. The first-order valence-corrected chi connectivity index (χ1v) is 16.5. The molecule has 0 spiro atoms. The van der Waals surface area contributed by atoms with Gasteiger partial charge in [0.15, 0.2) is 11.5 Å². The molecule has 0 aliphatic carbocycles. The van der Waals surface area contributed by atoms with Crippen LogP contribution in [0.4, 0.5) is 5.69 Å². The van der Waals surface area contributed by atoms with Gasteiger partial charge in [0.25, 0.3) is 5.91 Å². The number of methoxy groups -OCH3 is 4. The van der Waals surface area contributed by atoms with E-state index in [4.69, 9.17) is 28.4 Å². The zero-order valence-corrected chi connectivity index (χ0v) is 29.2. The van der Waals surface area contributed by atoms with E-state index in [1.807, 2.05) is 42.5 Å². The number of benzene rings is 4. The van der Waals surface area contributed by atoms with E-state index in [1.54, 1.807) is 51.7 Å². The number of amides is 1. The van der Waals surface area contributed by atoms with Crippen molar-refractivity contribution in [3.8, 4) is 34.5 Å². The Hall–Kier alpha value is -5.43. The van der Waals surface area contributed by atoms with Crippen LogP contribution in [-0.4, -0.2) is 62.9 Å². The van der Waals surface area contributed by atoms with Crippen molar-refractivity contribution in [2.24, 2.45) is 0 Å². The van der Waals surface area contributed by atoms with Crippen LogP contribution in [0.3, 0.4) is 0 Å². The first-order valence-electron chi connectivity index (χ1n) is 16.5. The van der Waals surface area contributed by atoms with Gasteiger partial charge in [-0.25, -0.2) is 0 Å². The van der Waals surface area contributed by atoms with Crippen molar-refractivity contribution in [3.05, 3.63) is 99.6 Å². The molecule has 5 N–H and O–H groups in total. The predicted octanol–water partition coefficient (Wildman–Crippen LogP) is 5.46. The molecule has 12 heteroatoms. The lowest BCUT2D eigenvalue weighted by Crippen LogP contribution is -2.38. The van der Waals surface area contributed by atoms with Crippen LogP contribution in [0, 0.1) is 0 Å². The number of anilines is 1. The summed E-state index contributed by atoms with van der Waals surface area (Å²) in [5.74, 6) is 2.95. The molecule has 0 saturated carbocycles. The zero-order chi connectivity index (χ0) is 36.3. The number of ether oxygens (including phenoxy) is 6. The van der Waals surface area contributed by atoms with Crippen LogP contribution in [0.1, 0.15) is 62.7 Å². The summed E-state index contributed by atoms with van der Waals surface area (Å²) in [7, 11) is 6.20. The zero-order valence-electron chi connectivity index (χ0n) is 29.2. The van der Waals surface area contributed by atoms with Gasteiger partial charge < -0.3 is 54.4 Å². The molecule has 0 fully saturated rings. The smallest absolute Gasteiger partial charge is 0.255 e. The summed E-state index contributed by atoms with van der Waals surface area (Å²) >= 11 is 0. The maximum absolute atomic E-state index is 12.8. The summed E-state index contributed by atoms with van der Waals surface area (Å²) in [6.07, 6.45) is 4.65. The van der Waals surface area contributed by atoms with E-state index in [-0.39, 0.29) is 25.7 Å². The van der Waals surface area contributed by atoms with Crippen molar-refractivity contribution in [2.45, 2.75) is 38.8 Å². The van der Waals surface area contributed by atoms with Crippen molar-refractivity contribution in [2.75, 3.05) is 47.0 Å². The summed E-state index contributed by atoms with van der Waals surface area (Å²) in [5, 5.41) is 35.8. The third-order valence-corrected chi connectivity index (χ3v) is 8.50. The monoisotopic (exact) mass is 700 g/mol.